The molecule has 2 N–H and O–H groups in total. The minimum atomic E-state index is -4.77. The van der Waals surface area contributed by atoms with E-state index in [0.29, 0.717) is 36.3 Å². The number of aromatic nitrogens is 2. The maximum atomic E-state index is 13.2. The fourth-order valence-electron chi connectivity index (χ4n) is 5.05. The molecular formula is C27H30F3N5O4S. The molecule has 40 heavy (non-hydrogen) atoms. The first-order valence-electron chi connectivity index (χ1n) is 13.0. The average Bonchev–Trinajstić information content (AvgIpc) is 3.41. The van der Waals surface area contributed by atoms with Crippen LogP contribution in [-0.4, -0.2) is 77.4 Å². The number of halogens is 3. The smallest absolute Gasteiger partial charge is 0.406 e. The molecule has 13 heteroatoms. The maximum Gasteiger partial charge on any atom is 0.573 e. The Hall–Kier alpha value is -3.26. The number of rotatable bonds is 8. The molecule has 2 aliphatic heterocycles. The molecule has 3 aromatic rings. The van der Waals surface area contributed by atoms with Gasteiger partial charge in [0, 0.05) is 37.1 Å². The molecule has 0 spiro atoms. The number of benzene rings is 2. The van der Waals surface area contributed by atoms with E-state index >= 15 is 0 Å². The first-order chi connectivity index (χ1) is 19.0. The van der Waals surface area contributed by atoms with Crippen molar-refractivity contribution >= 4 is 21.7 Å². The molecule has 0 radical (unpaired) electrons. The van der Waals surface area contributed by atoms with Gasteiger partial charge < -0.3 is 20.1 Å². The first kappa shape index (κ1) is 28.3. The average molecular weight is 578 g/mol. The summed E-state index contributed by atoms with van der Waals surface area (Å²) in [5.41, 5.74) is 0.737. The minimum absolute atomic E-state index is 0.152. The third-order valence-corrected chi connectivity index (χ3v) is 9.07. The number of nitrogens with one attached hydrogen (secondary N) is 1. The Morgan fingerprint density at radius 1 is 0.950 bits per heavy atom. The molecule has 0 unspecified atom stereocenters. The Bertz CT molecular complexity index is 1410. The van der Waals surface area contributed by atoms with Crippen LogP contribution in [-0.2, 0) is 10.0 Å². The lowest BCUT2D eigenvalue weighted by Crippen LogP contribution is -2.51. The summed E-state index contributed by atoms with van der Waals surface area (Å²) in [6, 6.07) is 13.2. The molecule has 9 nitrogen and oxygen atoms in total. The zero-order valence-electron chi connectivity index (χ0n) is 21.6. The van der Waals surface area contributed by atoms with Crippen molar-refractivity contribution in [3.63, 3.8) is 0 Å². The Balaban J connectivity index is 1.20. The van der Waals surface area contributed by atoms with E-state index in [0.717, 1.165) is 25.9 Å². The maximum absolute atomic E-state index is 13.2. The number of hydrogen-bond acceptors (Lipinski definition) is 8. The van der Waals surface area contributed by atoms with Crippen LogP contribution in [0.4, 0.5) is 24.8 Å². The highest BCUT2D eigenvalue weighted by Crippen LogP contribution is 2.30. The summed E-state index contributed by atoms with van der Waals surface area (Å²) < 4.78 is 69.0. The molecular weight excluding hydrogens is 547 g/mol. The number of aliphatic hydroxyl groups is 1. The fourth-order valence-corrected chi connectivity index (χ4v) is 6.49. The second-order valence-corrected chi connectivity index (χ2v) is 12.0. The number of β-amino-alcohol motifs (C(OH)–C–C–N with tert-alkyl or cyclic N) is 1. The van der Waals surface area contributed by atoms with Crippen molar-refractivity contribution in [2.24, 2.45) is 0 Å². The van der Waals surface area contributed by atoms with Gasteiger partial charge in [-0.05, 0) is 93.4 Å². The third-order valence-electron chi connectivity index (χ3n) is 7.16. The van der Waals surface area contributed by atoms with Crippen LogP contribution < -0.4 is 10.1 Å². The van der Waals surface area contributed by atoms with Gasteiger partial charge in [-0.2, -0.15) is 4.31 Å². The van der Waals surface area contributed by atoms with Gasteiger partial charge in [0.05, 0.1) is 16.2 Å². The number of alkyl halides is 3. The normalized spacial score (nSPS) is 18.5. The van der Waals surface area contributed by atoms with Gasteiger partial charge in [-0.1, -0.05) is 0 Å². The molecule has 0 atom stereocenters. The second kappa shape index (κ2) is 11.3. The molecule has 2 aromatic carbocycles. The largest absolute Gasteiger partial charge is 0.573 e. The topological polar surface area (TPSA) is 108 Å². The van der Waals surface area contributed by atoms with Crippen LogP contribution in [0.2, 0.25) is 0 Å². The van der Waals surface area contributed by atoms with Crippen LogP contribution >= 0.6 is 0 Å². The van der Waals surface area contributed by atoms with E-state index in [-0.39, 0.29) is 29.7 Å². The first-order valence-corrected chi connectivity index (χ1v) is 14.4. The SMILES string of the molecule is O=S(=O)(c1ccc(Nc2nccc(-c3ccc(OC(F)(F)F)cc3)n2)cc1)N1CCC(O)(CN2CCCC2)CC1. The molecule has 1 aromatic heterocycles. The summed E-state index contributed by atoms with van der Waals surface area (Å²) >= 11 is 0. The summed E-state index contributed by atoms with van der Waals surface area (Å²) in [6.07, 6.45) is -0.199. The molecule has 5 rings (SSSR count). The fraction of sp³-hybridized carbons (Fsp3) is 0.407. The zero-order chi connectivity index (χ0) is 28.4. The van der Waals surface area contributed by atoms with E-state index in [1.807, 2.05) is 0 Å². The van der Waals surface area contributed by atoms with Crippen molar-refractivity contribution in [1.29, 1.82) is 0 Å². The van der Waals surface area contributed by atoms with Crippen LogP contribution in [0, 0.1) is 0 Å². The number of ether oxygens (including phenoxy) is 1. The van der Waals surface area contributed by atoms with Crippen LogP contribution in [0.5, 0.6) is 5.75 Å². The molecule has 0 bridgehead atoms. The quantitative estimate of drug-likeness (QED) is 0.406. The van der Waals surface area contributed by atoms with Gasteiger partial charge in [-0.25, -0.2) is 18.4 Å². The number of sulfonamides is 1. The molecule has 3 heterocycles. The van der Waals surface area contributed by atoms with Crippen molar-refractivity contribution in [3.8, 4) is 17.0 Å². The Kier molecular flexibility index (Phi) is 8.00. The molecule has 0 amide bonds. The summed E-state index contributed by atoms with van der Waals surface area (Å²) in [6.45, 7) is 3.07. The Morgan fingerprint density at radius 2 is 1.60 bits per heavy atom. The van der Waals surface area contributed by atoms with Gasteiger partial charge in [-0.3, -0.25) is 0 Å². The number of anilines is 2. The van der Waals surface area contributed by atoms with Gasteiger partial charge in [-0.15, -0.1) is 13.2 Å². The second-order valence-electron chi connectivity index (χ2n) is 10.1. The summed E-state index contributed by atoms with van der Waals surface area (Å²) in [5, 5.41) is 14.0. The molecule has 2 fully saturated rings. The lowest BCUT2D eigenvalue weighted by Gasteiger charge is -2.39. The van der Waals surface area contributed by atoms with Gasteiger partial charge in [0.25, 0.3) is 0 Å². The summed E-state index contributed by atoms with van der Waals surface area (Å²) in [4.78, 5) is 11.0. The van der Waals surface area contributed by atoms with Crippen molar-refractivity contribution in [3.05, 3.63) is 60.8 Å². The monoisotopic (exact) mass is 577 g/mol. The van der Waals surface area contributed by atoms with E-state index in [9.17, 15) is 26.7 Å². The number of piperidine rings is 1. The van der Waals surface area contributed by atoms with Crippen molar-refractivity contribution in [2.45, 2.75) is 42.5 Å². The minimum Gasteiger partial charge on any atom is -0.406 e. The van der Waals surface area contributed by atoms with Crippen LogP contribution in [0.1, 0.15) is 25.7 Å². The third kappa shape index (κ3) is 6.89. The highest BCUT2D eigenvalue weighted by Gasteiger charge is 2.38. The predicted octanol–water partition coefficient (Wildman–Crippen LogP) is 4.40. The van der Waals surface area contributed by atoms with E-state index in [1.165, 1.54) is 46.9 Å². The zero-order valence-corrected chi connectivity index (χ0v) is 22.5. The Morgan fingerprint density at radius 3 is 2.23 bits per heavy atom. The Labute approximate surface area is 230 Å². The van der Waals surface area contributed by atoms with Gasteiger partial charge in [0.1, 0.15) is 5.75 Å². The van der Waals surface area contributed by atoms with Gasteiger partial charge >= 0.3 is 6.36 Å². The molecule has 0 aliphatic carbocycles. The van der Waals surface area contributed by atoms with Crippen LogP contribution in [0.3, 0.4) is 0 Å². The molecule has 2 aliphatic rings. The standard InChI is InChI=1S/C27H30F3N5O4S/c28-27(29,30)39-22-7-3-20(4-8-22)24-11-14-31-25(33-24)32-21-5-9-23(10-6-21)40(37,38)35-17-12-26(36,13-18-35)19-34-15-1-2-16-34/h3-11,14,36H,1-2,12-13,15-19H2,(H,31,32,33). The van der Waals surface area contributed by atoms with Crippen LogP contribution in [0.15, 0.2) is 65.7 Å². The number of hydrogen-bond donors (Lipinski definition) is 2. The number of nitrogens with zero attached hydrogens (tertiary/aromatic N) is 4. The van der Waals surface area contributed by atoms with E-state index in [4.69, 9.17) is 0 Å². The van der Waals surface area contributed by atoms with E-state index in [1.54, 1.807) is 18.2 Å². The van der Waals surface area contributed by atoms with E-state index < -0.39 is 22.0 Å². The van der Waals surface area contributed by atoms with Gasteiger partial charge in [0.15, 0.2) is 0 Å². The highest BCUT2D eigenvalue weighted by molar-refractivity contribution is 7.89. The molecule has 0 saturated carbocycles. The lowest BCUT2D eigenvalue weighted by molar-refractivity contribution is -0.274. The van der Waals surface area contributed by atoms with E-state index in [2.05, 4.69) is 24.9 Å². The van der Waals surface area contributed by atoms with Crippen molar-refractivity contribution in [2.75, 3.05) is 38.0 Å². The molecule has 2 saturated heterocycles. The summed E-state index contributed by atoms with van der Waals surface area (Å²) in [7, 11) is -3.72. The van der Waals surface area contributed by atoms with Crippen LogP contribution in [0.25, 0.3) is 11.3 Å². The predicted molar refractivity (Wildman–Crippen MR) is 142 cm³/mol. The van der Waals surface area contributed by atoms with Gasteiger partial charge in [0.2, 0.25) is 16.0 Å². The summed E-state index contributed by atoms with van der Waals surface area (Å²) in [5.74, 6) is -0.0990. The van der Waals surface area contributed by atoms with Crippen molar-refractivity contribution in [1.82, 2.24) is 19.2 Å². The van der Waals surface area contributed by atoms with Crippen molar-refractivity contribution < 1.29 is 31.4 Å². The highest BCUT2D eigenvalue weighted by atomic mass is 32.2. The molecule has 214 valence electrons. The number of likely N-dealkylation sites (tertiary alicyclic amines) is 1. The lowest BCUT2D eigenvalue weighted by atomic mass is 9.92.